The van der Waals surface area contributed by atoms with Crippen LogP contribution in [0.1, 0.15) is 29.1 Å². The number of hydrogen-bond acceptors (Lipinski definition) is 3. The fourth-order valence-corrected chi connectivity index (χ4v) is 2.02. The number of para-hydroxylation sites is 1. The number of carbonyl (C=O) groups is 1. The van der Waals surface area contributed by atoms with Crippen molar-refractivity contribution in [1.29, 1.82) is 0 Å². The molecule has 106 valence electrons. The van der Waals surface area contributed by atoms with Gasteiger partial charge in [0.25, 0.3) is 5.91 Å². The highest BCUT2D eigenvalue weighted by Gasteiger charge is 2.14. The van der Waals surface area contributed by atoms with Gasteiger partial charge in [0.05, 0.1) is 23.5 Å². The summed E-state index contributed by atoms with van der Waals surface area (Å²) in [6, 6.07) is 9.46. The van der Waals surface area contributed by atoms with Crippen LogP contribution in [0.25, 0.3) is 5.69 Å². The predicted molar refractivity (Wildman–Crippen MR) is 78.0 cm³/mol. The molecule has 0 aliphatic heterocycles. The van der Waals surface area contributed by atoms with E-state index in [-0.39, 0.29) is 11.9 Å². The molecule has 0 aliphatic rings. The maximum absolute atomic E-state index is 12.2. The van der Waals surface area contributed by atoms with Crippen LogP contribution < -0.4 is 5.32 Å². The van der Waals surface area contributed by atoms with E-state index in [4.69, 9.17) is 0 Å². The fraction of sp³-hybridized carbons (Fsp3) is 0.133. The van der Waals surface area contributed by atoms with Crippen LogP contribution in [0, 0.1) is 0 Å². The van der Waals surface area contributed by atoms with Crippen LogP contribution in [0.4, 0.5) is 0 Å². The second-order valence-corrected chi connectivity index (χ2v) is 4.68. The summed E-state index contributed by atoms with van der Waals surface area (Å²) >= 11 is 0. The molecule has 3 aromatic rings. The van der Waals surface area contributed by atoms with Crippen molar-refractivity contribution in [3.8, 4) is 5.69 Å². The monoisotopic (exact) mass is 281 g/mol. The number of benzene rings is 1. The summed E-state index contributed by atoms with van der Waals surface area (Å²) in [5.74, 6) is 0.542. The zero-order valence-electron chi connectivity index (χ0n) is 11.5. The minimum absolute atomic E-state index is 0.180. The van der Waals surface area contributed by atoms with Crippen LogP contribution in [0.15, 0.2) is 55.1 Å². The summed E-state index contributed by atoms with van der Waals surface area (Å²) in [5, 5.41) is 7.09. The molecule has 0 saturated carbocycles. The number of imidazole rings is 1. The van der Waals surface area contributed by atoms with E-state index in [0.29, 0.717) is 5.56 Å². The van der Waals surface area contributed by atoms with E-state index in [0.717, 1.165) is 11.5 Å². The predicted octanol–water partition coefficient (Wildman–Crippen LogP) is 2.09. The Morgan fingerprint density at radius 1 is 1.33 bits per heavy atom. The summed E-state index contributed by atoms with van der Waals surface area (Å²) in [4.78, 5) is 19.3. The maximum Gasteiger partial charge on any atom is 0.255 e. The smallest absolute Gasteiger partial charge is 0.255 e. The van der Waals surface area contributed by atoms with E-state index in [1.54, 1.807) is 29.5 Å². The number of H-pyrrole nitrogens is 1. The summed E-state index contributed by atoms with van der Waals surface area (Å²) in [7, 11) is 0. The summed E-state index contributed by atoms with van der Waals surface area (Å²) in [6.45, 7) is 1.87. The van der Waals surface area contributed by atoms with Gasteiger partial charge in [-0.15, -0.1) is 0 Å². The fourth-order valence-electron chi connectivity index (χ4n) is 2.02. The third-order valence-electron chi connectivity index (χ3n) is 3.14. The molecule has 0 aliphatic carbocycles. The van der Waals surface area contributed by atoms with E-state index >= 15 is 0 Å². The molecule has 0 fully saturated rings. The molecular weight excluding hydrogens is 266 g/mol. The van der Waals surface area contributed by atoms with Gasteiger partial charge >= 0.3 is 0 Å². The van der Waals surface area contributed by atoms with Gasteiger partial charge in [0.15, 0.2) is 0 Å². The van der Waals surface area contributed by atoms with Gasteiger partial charge in [-0.05, 0) is 19.1 Å². The molecule has 1 aromatic carbocycles. The molecule has 1 atom stereocenters. The van der Waals surface area contributed by atoms with Gasteiger partial charge in [0.1, 0.15) is 5.82 Å². The molecule has 3 rings (SSSR count). The molecular formula is C15H15N5O. The molecule has 0 saturated heterocycles. The van der Waals surface area contributed by atoms with Gasteiger partial charge in [0, 0.05) is 18.6 Å². The molecule has 0 spiro atoms. The first kappa shape index (κ1) is 13.1. The molecule has 6 nitrogen and oxygen atoms in total. The number of aromatic amines is 1. The third kappa shape index (κ3) is 2.84. The van der Waals surface area contributed by atoms with E-state index in [2.05, 4.69) is 20.4 Å². The van der Waals surface area contributed by atoms with Gasteiger partial charge < -0.3 is 10.3 Å². The highest BCUT2D eigenvalue weighted by Crippen LogP contribution is 2.10. The van der Waals surface area contributed by atoms with Gasteiger partial charge in [-0.1, -0.05) is 18.2 Å². The Bertz CT molecular complexity index is 718. The minimum atomic E-state index is -0.187. The van der Waals surface area contributed by atoms with E-state index < -0.39 is 0 Å². The largest absolute Gasteiger partial charge is 0.347 e. The number of rotatable bonds is 4. The molecule has 1 unspecified atom stereocenters. The average Bonchev–Trinajstić information content (AvgIpc) is 3.20. The van der Waals surface area contributed by atoms with Gasteiger partial charge in [-0.3, -0.25) is 4.79 Å². The number of amides is 1. The van der Waals surface area contributed by atoms with Crippen LogP contribution in [-0.2, 0) is 0 Å². The van der Waals surface area contributed by atoms with Gasteiger partial charge in [-0.25, -0.2) is 9.67 Å². The second kappa shape index (κ2) is 5.62. The van der Waals surface area contributed by atoms with Gasteiger partial charge in [-0.2, -0.15) is 5.10 Å². The van der Waals surface area contributed by atoms with Crippen LogP contribution in [-0.4, -0.2) is 25.7 Å². The molecule has 21 heavy (non-hydrogen) atoms. The third-order valence-corrected chi connectivity index (χ3v) is 3.14. The Hall–Kier alpha value is -2.89. The Morgan fingerprint density at radius 2 is 2.14 bits per heavy atom. The highest BCUT2D eigenvalue weighted by atomic mass is 16.1. The SMILES string of the molecule is CC(NC(=O)c1cnn(-c2ccccc2)c1)c1ncc[nH]1. The lowest BCUT2D eigenvalue weighted by atomic mass is 10.2. The van der Waals surface area contributed by atoms with Crippen molar-refractivity contribution < 1.29 is 4.79 Å². The van der Waals surface area contributed by atoms with Crippen molar-refractivity contribution in [2.45, 2.75) is 13.0 Å². The minimum Gasteiger partial charge on any atom is -0.347 e. The van der Waals surface area contributed by atoms with Gasteiger partial charge in [0.2, 0.25) is 0 Å². The van der Waals surface area contributed by atoms with Crippen molar-refractivity contribution in [2.24, 2.45) is 0 Å². The standard InChI is InChI=1S/C15H15N5O/c1-11(14-16-7-8-17-14)19-15(21)12-9-18-20(10-12)13-5-3-2-4-6-13/h2-11H,1H3,(H,16,17)(H,19,21). The normalized spacial score (nSPS) is 12.0. The molecule has 0 bridgehead atoms. The second-order valence-electron chi connectivity index (χ2n) is 4.68. The number of carbonyl (C=O) groups excluding carboxylic acids is 1. The lowest BCUT2D eigenvalue weighted by Gasteiger charge is -2.10. The maximum atomic E-state index is 12.2. The molecule has 2 N–H and O–H groups in total. The number of nitrogens with one attached hydrogen (secondary N) is 2. The molecule has 6 heteroatoms. The lowest BCUT2D eigenvalue weighted by Crippen LogP contribution is -2.27. The zero-order chi connectivity index (χ0) is 14.7. The Kier molecular flexibility index (Phi) is 3.51. The van der Waals surface area contributed by atoms with Crippen LogP contribution in [0.5, 0.6) is 0 Å². The molecule has 1 amide bonds. The van der Waals surface area contributed by atoms with Crippen molar-refractivity contribution in [3.63, 3.8) is 0 Å². The van der Waals surface area contributed by atoms with Crippen LogP contribution in [0.2, 0.25) is 0 Å². The Balaban J connectivity index is 1.73. The van der Waals surface area contributed by atoms with Crippen molar-refractivity contribution in [3.05, 3.63) is 66.5 Å². The average molecular weight is 281 g/mol. The van der Waals surface area contributed by atoms with Crippen molar-refractivity contribution in [1.82, 2.24) is 25.1 Å². The van der Waals surface area contributed by atoms with Crippen LogP contribution >= 0.6 is 0 Å². The first-order chi connectivity index (χ1) is 10.2. The topological polar surface area (TPSA) is 75.6 Å². The number of aromatic nitrogens is 4. The van der Waals surface area contributed by atoms with E-state index in [1.165, 1.54) is 0 Å². The Labute approximate surface area is 121 Å². The van der Waals surface area contributed by atoms with E-state index in [9.17, 15) is 4.79 Å². The van der Waals surface area contributed by atoms with Crippen LogP contribution in [0.3, 0.4) is 0 Å². The first-order valence-electron chi connectivity index (χ1n) is 6.64. The summed E-state index contributed by atoms with van der Waals surface area (Å²) in [6.07, 6.45) is 6.65. The zero-order valence-corrected chi connectivity index (χ0v) is 11.5. The van der Waals surface area contributed by atoms with Crippen molar-refractivity contribution in [2.75, 3.05) is 0 Å². The van der Waals surface area contributed by atoms with E-state index in [1.807, 2.05) is 37.3 Å². The van der Waals surface area contributed by atoms with Crippen molar-refractivity contribution >= 4 is 5.91 Å². The number of nitrogens with zero attached hydrogens (tertiary/aromatic N) is 3. The molecule has 2 aromatic heterocycles. The lowest BCUT2D eigenvalue weighted by molar-refractivity contribution is 0.0938. The molecule has 2 heterocycles. The Morgan fingerprint density at radius 3 is 2.86 bits per heavy atom. The highest BCUT2D eigenvalue weighted by molar-refractivity contribution is 5.94. The number of hydrogen-bond donors (Lipinski definition) is 2. The first-order valence-corrected chi connectivity index (χ1v) is 6.64. The quantitative estimate of drug-likeness (QED) is 0.769. The summed E-state index contributed by atoms with van der Waals surface area (Å²) in [5.41, 5.74) is 1.42. The molecule has 0 radical (unpaired) electrons. The summed E-state index contributed by atoms with van der Waals surface area (Å²) < 4.78 is 1.67.